The predicted octanol–water partition coefficient (Wildman–Crippen LogP) is 12.4. The summed E-state index contributed by atoms with van der Waals surface area (Å²) in [4.78, 5) is 54.6. The summed E-state index contributed by atoms with van der Waals surface area (Å²) in [6.07, 6.45) is -12.1. The SMILES string of the molecule is COc1cc(C(=O)Oc2ccc(/C=C/C(=O)CC(Cc3ccc(N)cc3)(Cc3ccc(N)cc3)C(O)(O)C(=O)/C=C/c3ccc(OC(=O)c4ccc(OCCCC(F)(F)C(F)(F)F)c(OC)c4)cc3)cc2)ccc1OCCCC(F)(F)C(F)(F)F. The molecule has 0 aliphatic carbocycles. The minimum absolute atomic E-state index is 0.0218. The molecule has 0 bridgehead atoms. The Labute approximate surface area is 480 Å². The first-order valence-corrected chi connectivity index (χ1v) is 25.7. The van der Waals surface area contributed by atoms with E-state index >= 15 is 0 Å². The van der Waals surface area contributed by atoms with Crippen LogP contribution in [0.15, 0.2) is 146 Å². The Morgan fingerprint density at radius 3 is 1.24 bits per heavy atom. The van der Waals surface area contributed by atoms with Crippen molar-refractivity contribution < 1.29 is 102 Å². The van der Waals surface area contributed by atoms with Crippen molar-refractivity contribution in [2.45, 2.75) is 74.9 Å². The number of allylic oxidation sites excluding steroid dienone is 1. The monoisotopic (exact) mass is 1200 g/mol. The van der Waals surface area contributed by atoms with Crippen molar-refractivity contribution in [1.82, 2.24) is 0 Å². The van der Waals surface area contributed by atoms with Crippen LogP contribution in [0.25, 0.3) is 12.2 Å². The van der Waals surface area contributed by atoms with E-state index in [4.69, 9.17) is 39.9 Å². The van der Waals surface area contributed by atoms with Gasteiger partial charge in [-0.3, -0.25) is 9.59 Å². The second kappa shape index (κ2) is 27.7. The summed E-state index contributed by atoms with van der Waals surface area (Å²) in [5.74, 6) is -16.7. The van der Waals surface area contributed by atoms with Gasteiger partial charge in [-0.2, -0.15) is 43.9 Å². The van der Waals surface area contributed by atoms with E-state index < -0.39 is 104 Å². The Morgan fingerprint density at radius 1 is 0.494 bits per heavy atom. The lowest BCUT2D eigenvalue weighted by Crippen LogP contribution is -2.57. The molecule has 0 aliphatic heterocycles. The number of carbonyl (C=O) groups is 4. The van der Waals surface area contributed by atoms with Crippen molar-refractivity contribution in [3.05, 3.63) is 179 Å². The van der Waals surface area contributed by atoms with Crippen LogP contribution in [0.2, 0.25) is 0 Å². The predicted molar refractivity (Wildman–Crippen MR) is 292 cm³/mol. The van der Waals surface area contributed by atoms with Gasteiger partial charge in [0, 0.05) is 36.1 Å². The number of carbonyl (C=O) groups excluding carboxylic acids is 4. The van der Waals surface area contributed by atoms with Crippen LogP contribution in [0.4, 0.5) is 55.3 Å². The van der Waals surface area contributed by atoms with Crippen molar-refractivity contribution in [2.24, 2.45) is 5.41 Å². The highest BCUT2D eigenvalue weighted by Crippen LogP contribution is 2.44. The van der Waals surface area contributed by atoms with E-state index in [1.165, 1.54) is 117 Å². The van der Waals surface area contributed by atoms with Gasteiger partial charge in [0.05, 0.1) is 38.6 Å². The molecule has 0 amide bonds. The molecule has 0 fully saturated rings. The summed E-state index contributed by atoms with van der Waals surface area (Å²) in [5, 5.41) is 24.5. The number of ketones is 2. The molecule has 0 saturated heterocycles. The van der Waals surface area contributed by atoms with Crippen LogP contribution >= 0.6 is 0 Å². The Hall–Kier alpha value is -8.90. The maximum absolute atomic E-state index is 14.3. The Bertz CT molecular complexity index is 3280. The van der Waals surface area contributed by atoms with Gasteiger partial charge in [-0.1, -0.05) is 60.7 Å². The zero-order valence-electron chi connectivity index (χ0n) is 45.3. The summed E-state index contributed by atoms with van der Waals surface area (Å²) in [6.45, 7) is -1.02. The van der Waals surface area contributed by atoms with Gasteiger partial charge < -0.3 is 50.1 Å². The molecule has 0 aliphatic rings. The number of anilines is 2. The quantitative estimate of drug-likeness (QED) is 0.00684. The summed E-state index contributed by atoms with van der Waals surface area (Å²) >= 11 is 0. The van der Waals surface area contributed by atoms with Gasteiger partial charge in [-0.15, -0.1) is 0 Å². The Morgan fingerprint density at radius 2 is 0.871 bits per heavy atom. The zero-order valence-corrected chi connectivity index (χ0v) is 45.3. The molecule has 6 N–H and O–H groups in total. The van der Waals surface area contributed by atoms with Gasteiger partial charge in [0.25, 0.3) is 0 Å². The minimum Gasteiger partial charge on any atom is -0.493 e. The molecule has 24 heteroatoms. The molecule has 0 radical (unpaired) electrons. The highest BCUT2D eigenvalue weighted by Gasteiger charge is 2.58. The number of hydrogen-bond donors (Lipinski definition) is 4. The number of hydrogen-bond acceptors (Lipinski definition) is 14. The third-order valence-electron chi connectivity index (χ3n) is 13.1. The number of nitrogens with two attached hydrogens (primary N) is 2. The number of benzene rings is 6. The van der Waals surface area contributed by atoms with E-state index in [9.17, 15) is 73.3 Å². The number of ether oxygens (including phenoxy) is 6. The number of halogens is 10. The van der Waals surface area contributed by atoms with Crippen LogP contribution < -0.4 is 39.9 Å². The van der Waals surface area contributed by atoms with Gasteiger partial charge in [0.15, 0.2) is 28.8 Å². The third kappa shape index (κ3) is 17.6. The lowest BCUT2D eigenvalue weighted by Gasteiger charge is -2.42. The molecule has 0 spiro atoms. The van der Waals surface area contributed by atoms with Crippen molar-refractivity contribution >= 4 is 47.0 Å². The number of methoxy groups -OCH3 is 2. The number of aliphatic hydroxyl groups is 2. The fraction of sp³-hybridized carbons (Fsp3) is 0.279. The molecule has 0 aromatic heterocycles. The van der Waals surface area contributed by atoms with Gasteiger partial charge in [-0.25, -0.2) is 9.59 Å². The van der Waals surface area contributed by atoms with E-state index in [0.717, 1.165) is 6.08 Å². The lowest BCUT2D eigenvalue weighted by molar-refractivity contribution is -0.284. The molecule has 0 saturated carbocycles. The van der Waals surface area contributed by atoms with Gasteiger partial charge in [0.2, 0.25) is 11.6 Å². The first-order chi connectivity index (χ1) is 39.9. The third-order valence-corrected chi connectivity index (χ3v) is 13.1. The normalized spacial score (nSPS) is 12.5. The molecule has 6 rings (SSSR count). The molecule has 0 unspecified atom stereocenters. The van der Waals surface area contributed by atoms with Gasteiger partial charge >= 0.3 is 36.1 Å². The van der Waals surface area contributed by atoms with Crippen LogP contribution in [-0.4, -0.2) is 91.1 Å². The summed E-state index contributed by atoms with van der Waals surface area (Å²) in [6, 6.07) is 31.6. The van der Waals surface area contributed by atoms with E-state index in [-0.39, 0.29) is 58.5 Å². The Balaban J connectivity index is 1.15. The smallest absolute Gasteiger partial charge is 0.453 e. The topological polar surface area (TPSA) is 216 Å². The summed E-state index contributed by atoms with van der Waals surface area (Å²) in [5.41, 5.74) is 12.3. The second-order valence-corrected chi connectivity index (χ2v) is 19.4. The largest absolute Gasteiger partial charge is 0.493 e. The lowest BCUT2D eigenvalue weighted by atomic mass is 9.65. The molecule has 0 heterocycles. The first kappa shape index (κ1) is 65.3. The molecule has 14 nitrogen and oxygen atoms in total. The number of alkyl halides is 10. The molecular weight excluding hydrogens is 1140 g/mol. The summed E-state index contributed by atoms with van der Waals surface area (Å²) in [7, 11) is 2.43. The van der Waals surface area contributed by atoms with Crippen molar-refractivity contribution in [2.75, 3.05) is 38.9 Å². The van der Waals surface area contributed by atoms with Crippen molar-refractivity contribution in [1.29, 1.82) is 0 Å². The fourth-order valence-corrected chi connectivity index (χ4v) is 8.43. The Kier molecular flexibility index (Phi) is 21.2. The molecule has 85 heavy (non-hydrogen) atoms. The van der Waals surface area contributed by atoms with Crippen LogP contribution in [0, 0.1) is 5.41 Å². The average molecular weight is 1200 g/mol. The zero-order chi connectivity index (χ0) is 62.4. The van der Waals surface area contributed by atoms with Crippen LogP contribution in [0.1, 0.15) is 75.1 Å². The number of esters is 2. The van der Waals surface area contributed by atoms with E-state index in [1.807, 2.05) is 0 Å². The highest BCUT2D eigenvalue weighted by molar-refractivity contribution is 6.01. The molecule has 6 aromatic rings. The highest BCUT2D eigenvalue weighted by atomic mass is 19.4. The van der Waals surface area contributed by atoms with Gasteiger partial charge in [-0.05, 0) is 145 Å². The number of rotatable bonds is 28. The molecule has 0 atom stereocenters. The number of nitrogen functional groups attached to an aromatic ring is 2. The van der Waals surface area contributed by atoms with Gasteiger partial charge in [0.1, 0.15) is 11.5 Å². The maximum Gasteiger partial charge on any atom is 0.453 e. The second-order valence-electron chi connectivity index (χ2n) is 19.4. The van der Waals surface area contributed by atoms with Crippen LogP contribution in [-0.2, 0) is 22.4 Å². The first-order valence-electron chi connectivity index (χ1n) is 25.7. The average Bonchev–Trinajstić information content (AvgIpc) is 2.74. The summed E-state index contributed by atoms with van der Waals surface area (Å²) < 4.78 is 160. The molecule has 6 aromatic carbocycles. The molecular formula is C61H56F10N2O12. The van der Waals surface area contributed by atoms with E-state index in [1.54, 1.807) is 48.5 Å². The minimum atomic E-state index is -5.71. The standard InChI is InChI=1S/C61H56F10N2O12/c1-80-51-33-42(15-26-49(51)82-31-3-29-57(62,63)60(66,67)68)54(76)84-47-22-10-38(11-23-47)9-21-46(74)37-56(35-40-5-17-44(72)18-6-40,36-41-7-19-45(73)20-8-41)59(78,79)53(75)28-14-39-12-24-48(25-13-39)85-55(77)43-16-27-50(52(34-43)81-2)83-32-4-30-58(64,65)61(69,70)71/h5-28,33-34,78-79H,3-4,29-32,35-37,72-73H2,1-2H3/b21-9+,28-14+. The van der Waals surface area contributed by atoms with E-state index in [2.05, 4.69) is 0 Å². The fourth-order valence-electron chi connectivity index (χ4n) is 8.43. The van der Waals surface area contributed by atoms with Crippen LogP contribution in [0.3, 0.4) is 0 Å². The van der Waals surface area contributed by atoms with Crippen LogP contribution in [0.5, 0.6) is 34.5 Å². The van der Waals surface area contributed by atoms with Crippen molar-refractivity contribution in [3.8, 4) is 34.5 Å². The van der Waals surface area contributed by atoms with E-state index in [0.29, 0.717) is 33.6 Å². The maximum atomic E-state index is 14.3. The molecule has 452 valence electrons. The van der Waals surface area contributed by atoms with Crippen molar-refractivity contribution in [3.63, 3.8) is 0 Å².